The molecule has 1 aliphatic heterocycles. The van der Waals surface area contributed by atoms with Gasteiger partial charge >= 0.3 is 5.97 Å². The molecule has 102 valence electrons. The molecule has 4 nitrogen and oxygen atoms in total. The molecule has 0 bridgehead atoms. The highest BCUT2D eigenvalue weighted by atomic mass is 79.9. The molecule has 1 amide bonds. The predicted octanol–water partition coefficient (Wildman–Crippen LogP) is 3.04. The molecule has 19 heavy (non-hydrogen) atoms. The molecule has 0 radical (unpaired) electrons. The smallest absolute Gasteiger partial charge is 0.311 e. The van der Waals surface area contributed by atoms with Gasteiger partial charge in [0.25, 0.3) is 5.91 Å². The Morgan fingerprint density at radius 3 is 2.68 bits per heavy atom. The minimum absolute atomic E-state index is 0.216. The third-order valence-electron chi connectivity index (χ3n) is 3.44. The first-order valence-corrected chi connectivity index (χ1v) is 6.98. The molecule has 0 saturated carbocycles. The van der Waals surface area contributed by atoms with E-state index in [-0.39, 0.29) is 12.5 Å². The average Bonchev–Trinajstić information content (AvgIpc) is 2.73. The van der Waals surface area contributed by atoms with E-state index in [1.165, 1.54) is 0 Å². The summed E-state index contributed by atoms with van der Waals surface area (Å²) in [6.07, 6.45) is 0.461. The van der Waals surface area contributed by atoms with Gasteiger partial charge in [-0.15, -0.1) is 0 Å². The Bertz CT molecular complexity index is 549. The number of carbonyl (C=O) groups is 2. The summed E-state index contributed by atoms with van der Waals surface area (Å²) in [5.41, 5.74) is -0.461. The van der Waals surface area contributed by atoms with E-state index >= 15 is 0 Å². The number of hydrogen-bond acceptors (Lipinski definition) is 2. The summed E-state index contributed by atoms with van der Waals surface area (Å²) in [4.78, 5) is 25.0. The van der Waals surface area contributed by atoms with E-state index in [9.17, 15) is 9.59 Å². The minimum Gasteiger partial charge on any atom is -0.481 e. The van der Waals surface area contributed by atoms with Gasteiger partial charge in [-0.25, -0.2) is 0 Å². The van der Waals surface area contributed by atoms with Crippen molar-refractivity contribution in [1.29, 1.82) is 0 Å². The van der Waals surface area contributed by atoms with Crippen molar-refractivity contribution in [2.24, 2.45) is 5.41 Å². The van der Waals surface area contributed by atoms with Gasteiger partial charge in [-0.1, -0.05) is 27.5 Å². The van der Waals surface area contributed by atoms with Crippen molar-refractivity contribution < 1.29 is 14.7 Å². The zero-order valence-corrected chi connectivity index (χ0v) is 12.7. The van der Waals surface area contributed by atoms with Crippen molar-refractivity contribution >= 4 is 39.4 Å². The molecule has 1 aromatic carbocycles. The fraction of sp³-hybridized carbons (Fsp3) is 0.385. The largest absolute Gasteiger partial charge is 0.481 e. The summed E-state index contributed by atoms with van der Waals surface area (Å²) in [6.45, 7) is 2.31. The van der Waals surface area contributed by atoms with Gasteiger partial charge in [-0.2, -0.15) is 0 Å². The summed E-state index contributed by atoms with van der Waals surface area (Å²) in [5.74, 6) is -1.09. The Labute approximate surface area is 124 Å². The first kappa shape index (κ1) is 14.3. The van der Waals surface area contributed by atoms with Crippen molar-refractivity contribution in [2.75, 3.05) is 13.1 Å². The molecule has 1 aromatic rings. The fourth-order valence-corrected chi connectivity index (χ4v) is 2.90. The third kappa shape index (κ3) is 2.77. The molecule has 2 rings (SSSR count). The Kier molecular flexibility index (Phi) is 3.87. The second-order valence-electron chi connectivity index (χ2n) is 4.97. The number of carbonyl (C=O) groups excluding carboxylic acids is 1. The lowest BCUT2D eigenvalue weighted by Gasteiger charge is -2.20. The summed E-state index contributed by atoms with van der Waals surface area (Å²) in [5, 5.41) is 9.53. The van der Waals surface area contributed by atoms with Crippen molar-refractivity contribution in [2.45, 2.75) is 13.3 Å². The molecular weight excluding hydrogens is 334 g/mol. The van der Waals surface area contributed by atoms with Crippen LogP contribution in [0.5, 0.6) is 0 Å². The molecule has 1 heterocycles. The van der Waals surface area contributed by atoms with E-state index in [1.54, 1.807) is 30.0 Å². The van der Waals surface area contributed by atoms with Crippen molar-refractivity contribution in [3.8, 4) is 0 Å². The lowest BCUT2D eigenvalue weighted by atomic mass is 9.90. The van der Waals surface area contributed by atoms with Crippen molar-refractivity contribution in [3.05, 3.63) is 33.3 Å². The Morgan fingerprint density at radius 1 is 1.47 bits per heavy atom. The number of hydrogen-bond donors (Lipinski definition) is 1. The highest BCUT2D eigenvalue weighted by molar-refractivity contribution is 9.10. The van der Waals surface area contributed by atoms with Gasteiger partial charge in [0.2, 0.25) is 0 Å². The monoisotopic (exact) mass is 345 g/mol. The van der Waals surface area contributed by atoms with E-state index in [1.807, 2.05) is 0 Å². The predicted molar refractivity (Wildman–Crippen MR) is 75.4 cm³/mol. The van der Waals surface area contributed by atoms with Gasteiger partial charge in [-0.3, -0.25) is 9.59 Å². The van der Waals surface area contributed by atoms with E-state index in [0.717, 1.165) is 4.47 Å². The number of likely N-dealkylation sites (tertiary alicyclic amines) is 1. The number of rotatable bonds is 2. The van der Waals surface area contributed by atoms with Crippen LogP contribution in [-0.4, -0.2) is 35.0 Å². The molecule has 1 atom stereocenters. The lowest BCUT2D eigenvalue weighted by molar-refractivity contribution is -0.147. The number of carboxylic acids is 1. The summed E-state index contributed by atoms with van der Waals surface area (Å²) >= 11 is 9.32. The van der Waals surface area contributed by atoms with E-state index < -0.39 is 11.4 Å². The Hall–Kier alpha value is -1.07. The van der Waals surface area contributed by atoms with Crippen LogP contribution in [-0.2, 0) is 4.79 Å². The molecular formula is C13H13BrClNO3. The van der Waals surface area contributed by atoms with Gasteiger partial charge in [0.1, 0.15) is 0 Å². The van der Waals surface area contributed by atoms with Crippen LogP contribution in [0.4, 0.5) is 0 Å². The van der Waals surface area contributed by atoms with Crippen LogP contribution in [0.2, 0.25) is 5.02 Å². The average molecular weight is 347 g/mol. The Balaban J connectivity index is 2.20. The van der Waals surface area contributed by atoms with Crippen LogP contribution in [0.15, 0.2) is 22.7 Å². The minimum atomic E-state index is -0.871. The van der Waals surface area contributed by atoms with Crippen LogP contribution in [0, 0.1) is 5.41 Å². The van der Waals surface area contributed by atoms with Gasteiger partial charge in [-0.05, 0) is 31.5 Å². The van der Waals surface area contributed by atoms with Crippen LogP contribution in [0.25, 0.3) is 0 Å². The number of nitrogens with zero attached hydrogens (tertiary/aromatic N) is 1. The molecule has 1 unspecified atom stereocenters. The first-order valence-electron chi connectivity index (χ1n) is 5.81. The van der Waals surface area contributed by atoms with Gasteiger partial charge in [0.15, 0.2) is 0 Å². The fourth-order valence-electron chi connectivity index (χ4n) is 2.14. The summed E-state index contributed by atoms with van der Waals surface area (Å²) < 4.78 is 0.797. The molecule has 0 spiro atoms. The lowest BCUT2D eigenvalue weighted by Crippen LogP contribution is -2.35. The Morgan fingerprint density at radius 2 is 2.16 bits per heavy atom. The number of aliphatic carboxylic acids is 1. The van der Waals surface area contributed by atoms with Crippen LogP contribution >= 0.6 is 27.5 Å². The van der Waals surface area contributed by atoms with Gasteiger partial charge in [0, 0.05) is 17.6 Å². The molecule has 1 saturated heterocycles. The topological polar surface area (TPSA) is 57.6 Å². The van der Waals surface area contributed by atoms with E-state index in [4.69, 9.17) is 16.7 Å². The molecule has 1 fully saturated rings. The molecule has 0 aromatic heterocycles. The highest BCUT2D eigenvalue weighted by Crippen LogP contribution is 2.32. The number of halogens is 2. The summed E-state index contributed by atoms with van der Waals surface area (Å²) in [7, 11) is 0. The van der Waals surface area contributed by atoms with Crippen LogP contribution in [0.1, 0.15) is 23.7 Å². The van der Waals surface area contributed by atoms with Crippen molar-refractivity contribution in [3.63, 3.8) is 0 Å². The number of carboxylic acid groups (broad SMARTS) is 1. The zero-order valence-electron chi connectivity index (χ0n) is 10.3. The molecule has 1 aliphatic rings. The van der Waals surface area contributed by atoms with Crippen molar-refractivity contribution in [1.82, 2.24) is 4.90 Å². The highest BCUT2D eigenvalue weighted by Gasteiger charge is 2.42. The normalized spacial score (nSPS) is 22.6. The second kappa shape index (κ2) is 5.13. The van der Waals surface area contributed by atoms with Crippen LogP contribution < -0.4 is 0 Å². The van der Waals surface area contributed by atoms with Crippen LogP contribution in [0.3, 0.4) is 0 Å². The first-order chi connectivity index (χ1) is 8.83. The maximum absolute atomic E-state index is 12.3. The second-order valence-corrected chi connectivity index (χ2v) is 6.29. The summed E-state index contributed by atoms with van der Waals surface area (Å²) in [6, 6.07) is 5.04. The SMILES string of the molecule is CC1(C(=O)O)CCN(C(=O)c2ccc(Br)cc2Cl)C1. The van der Waals surface area contributed by atoms with E-state index in [0.29, 0.717) is 23.6 Å². The number of benzene rings is 1. The molecule has 0 aliphatic carbocycles. The maximum Gasteiger partial charge on any atom is 0.311 e. The van der Waals surface area contributed by atoms with Gasteiger partial charge < -0.3 is 10.0 Å². The van der Waals surface area contributed by atoms with E-state index in [2.05, 4.69) is 15.9 Å². The zero-order chi connectivity index (χ0) is 14.2. The quantitative estimate of drug-likeness (QED) is 0.895. The third-order valence-corrected chi connectivity index (χ3v) is 4.24. The van der Waals surface area contributed by atoms with Gasteiger partial charge in [0.05, 0.1) is 16.0 Å². The molecule has 6 heteroatoms. The standard InChI is InChI=1S/C13H13BrClNO3/c1-13(12(18)19)4-5-16(7-13)11(17)9-3-2-8(14)6-10(9)15/h2-3,6H,4-5,7H2,1H3,(H,18,19). The molecule has 1 N–H and O–H groups in total. The number of amides is 1. The maximum atomic E-state index is 12.3.